The van der Waals surface area contributed by atoms with Gasteiger partial charge in [0.25, 0.3) is 0 Å². The van der Waals surface area contributed by atoms with Crippen LogP contribution >= 0.6 is 11.6 Å². The molecular formula is C18H38ClN. The molecule has 0 atom stereocenters. The van der Waals surface area contributed by atoms with E-state index in [4.69, 9.17) is 11.6 Å². The number of nitrogens with one attached hydrogen (secondary N) is 1. The first-order valence-electron chi connectivity index (χ1n) is 9.05. The molecule has 1 nitrogen and oxygen atoms in total. The molecule has 0 aliphatic rings. The van der Waals surface area contributed by atoms with Gasteiger partial charge in [-0.3, -0.25) is 0 Å². The first-order chi connectivity index (χ1) is 9.74. The minimum atomic E-state index is 0.181. The molecule has 0 aliphatic heterocycles. The molecule has 0 fully saturated rings. The molecule has 0 rings (SSSR count). The number of hydrogen-bond donors (Lipinski definition) is 1. The molecule has 0 saturated heterocycles. The van der Waals surface area contributed by atoms with Crippen molar-refractivity contribution in [1.29, 1.82) is 0 Å². The summed E-state index contributed by atoms with van der Waals surface area (Å²) < 4.78 is 0. The van der Waals surface area contributed by atoms with E-state index in [2.05, 4.69) is 26.1 Å². The van der Waals surface area contributed by atoms with Gasteiger partial charge in [-0.05, 0) is 25.8 Å². The van der Waals surface area contributed by atoms with E-state index in [-0.39, 0.29) is 5.54 Å². The molecule has 0 aromatic heterocycles. The Balaban J connectivity index is 3.32. The molecule has 0 saturated carbocycles. The maximum atomic E-state index is 6.10. The fraction of sp³-hybridized carbons (Fsp3) is 1.00. The first kappa shape index (κ1) is 20.2. The maximum Gasteiger partial charge on any atom is 0.0405 e. The van der Waals surface area contributed by atoms with Crippen molar-refractivity contribution in [3.8, 4) is 0 Å². The summed E-state index contributed by atoms with van der Waals surface area (Å²) in [4.78, 5) is 0. The molecule has 1 N–H and O–H groups in total. The molecule has 0 heterocycles. The van der Waals surface area contributed by atoms with Crippen LogP contribution in [0.5, 0.6) is 0 Å². The zero-order valence-corrected chi connectivity index (χ0v) is 15.0. The number of alkyl halides is 1. The summed E-state index contributed by atoms with van der Waals surface area (Å²) in [7, 11) is 0. The van der Waals surface area contributed by atoms with Crippen LogP contribution in [-0.2, 0) is 0 Å². The average molecular weight is 304 g/mol. The Morgan fingerprint density at radius 1 is 0.700 bits per heavy atom. The lowest BCUT2D eigenvalue weighted by Crippen LogP contribution is -2.46. The van der Waals surface area contributed by atoms with Gasteiger partial charge >= 0.3 is 0 Å². The van der Waals surface area contributed by atoms with Gasteiger partial charge in [-0.2, -0.15) is 0 Å². The molecule has 0 aromatic rings. The van der Waals surface area contributed by atoms with Crippen LogP contribution in [0.3, 0.4) is 0 Å². The van der Waals surface area contributed by atoms with E-state index >= 15 is 0 Å². The van der Waals surface area contributed by atoms with Gasteiger partial charge in [-0.15, -0.1) is 11.6 Å². The standard InChI is InChI=1S/C18H38ClN/c1-4-7-8-9-10-11-12-13-14-15-16-20-18(5-2,6-3)17-19/h20H,4-17H2,1-3H3. The van der Waals surface area contributed by atoms with Crippen LogP contribution in [0.2, 0.25) is 0 Å². The van der Waals surface area contributed by atoms with Gasteiger partial charge < -0.3 is 5.32 Å². The molecule has 0 amide bonds. The van der Waals surface area contributed by atoms with Gasteiger partial charge in [-0.25, -0.2) is 0 Å². The summed E-state index contributed by atoms with van der Waals surface area (Å²) in [5, 5.41) is 3.68. The SMILES string of the molecule is CCCCCCCCCCCCNC(CC)(CC)CCl. The van der Waals surface area contributed by atoms with E-state index in [0.29, 0.717) is 0 Å². The summed E-state index contributed by atoms with van der Waals surface area (Å²) in [6.07, 6.45) is 16.3. The zero-order chi connectivity index (χ0) is 15.1. The van der Waals surface area contributed by atoms with Gasteiger partial charge in [0.15, 0.2) is 0 Å². The largest absolute Gasteiger partial charge is 0.310 e. The van der Waals surface area contributed by atoms with Crippen LogP contribution in [0.1, 0.15) is 97.8 Å². The number of hydrogen-bond acceptors (Lipinski definition) is 1. The Bertz CT molecular complexity index is 182. The van der Waals surface area contributed by atoms with Crippen molar-refractivity contribution < 1.29 is 0 Å². The Labute approximate surface area is 133 Å². The van der Waals surface area contributed by atoms with E-state index in [9.17, 15) is 0 Å². The smallest absolute Gasteiger partial charge is 0.0405 e. The molecule has 0 aromatic carbocycles. The van der Waals surface area contributed by atoms with Gasteiger partial charge in [-0.1, -0.05) is 78.6 Å². The fourth-order valence-corrected chi connectivity index (χ4v) is 3.17. The van der Waals surface area contributed by atoms with Crippen LogP contribution in [-0.4, -0.2) is 18.0 Å². The summed E-state index contributed by atoms with van der Waals surface area (Å²) in [6.45, 7) is 7.88. The van der Waals surface area contributed by atoms with Crippen molar-refractivity contribution in [1.82, 2.24) is 5.32 Å². The predicted octanol–water partition coefficient (Wildman–Crippen LogP) is 6.29. The van der Waals surface area contributed by atoms with E-state index < -0.39 is 0 Å². The van der Waals surface area contributed by atoms with Gasteiger partial charge in [0.1, 0.15) is 0 Å². The predicted molar refractivity (Wildman–Crippen MR) is 93.9 cm³/mol. The molecule has 0 unspecified atom stereocenters. The van der Waals surface area contributed by atoms with Crippen molar-refractivity contribution in [3.63, 3.8) is 0 Å². The number of unbranched alkanes of at least 4 members (excludes halogenated alkanes) is 9. The lowest BCUT2D eigenvalue weighted by Gasteiger charge is -2.30. The topological polar surface area (TPSA) is 12.0 Å². The normalized spacial score (nSPS) is 12.0. The molecule has 2 heteroatoms. The van der Waals surface area contributed by atoms with E-state index in [0.717, 1.165) is 25.3 Å². The highest BCUT2D eigenvalue weighted by atomic mass is 35.5. The van der Waals surface area contributed by atoms with E-state index in [1.807, 2.05) is 0 Å². The lowest BCUT2D eigenvalue weighted by molar-refractivity contribution is 0.332. The maximum absolute atomic E-state index is 6.10. The summed E-state index contributed by atoms with van der Waals surface area (Å²) in [5.74, 6) is 0.734. The van der Waals surface area contributed by atoms with Crippen LogP contribution in [0, 0.1) is 0 Å². The van der Waals surface area contributed by atoms with Crippen molar-refractivity contribution >= 4 is 11.6 Å². The summed E-state index contributed by atoms with van der Waals surface area (Å²) >= 11 is 6.10. The first-order valence-corrected chi connectivity index (χ1v) is 9.59. The summed E-state index contributed by atoms with van der Waals surface area (Å²) in [5.41, 5.74) is 0.181. The highest BCUT2D eigenvalue weighted by Crippen LogP contribution is 2.17. The second kappa shape index (κ2) is 14.2. The quantitative estimate of drug-likeness (QED) is 0.277. The second-order valence-electron chi connectivity index (χ2n) is 6.23. The van der Waals surface area contributed by atoms with Gasteiger partial charge in [0.05, 0.1) is 0 Å². The minimum absolute atomic E-state index is 0.181. The Hall–Kier alpha value is 0.250. The lowest BCUT2D eigenvalue weighted by atomic mass is 9.95. The van der Waals surface area contributed by atoms with Gasteiger partial charge in [0.2, 0.25) is 0 Å². The average Bonchev–Trinajstić information content (AvgIpc) is 2.49. The second-order valence-corrected chi connectivity index (χ2v) is 6.50. The fourth-order valence-electron chi connectivity index (χ4n) is 2.70. The molecule has 0 spiro atoms. The Morgan fingerprint density at radius 3 is 1.55 bits per heavy atom. The zero-order valence-electron chi connectivity index (χ0n) is 14.3. The van der Waals surface area contributed by atoms with Gasteiger partial charge in [0, 0.05) is 11.4 Å². The van der Waals surface area contributed by atoms with E-state index in [1.165, 1.54) is 64.2 Å². The van der Waals surface area contributed by atoms with Crippen molar-refractivity contribution in [2.75, 3.05) is 12.4 Å². The highest BCUT2D eigenvalue weighted by molar-refractivity contribution is 6.18. The number of rotatable bonds is 15. The Morgan fingerprint density at radius 2 is 1.15 bits per heavy atom. The van der Waals surface area contributed by atoms with Crippen LogP contribution in [0.25, 0.3) is 0 Å². The van der Waals surface area contributed by atoms with Crippen molar-refractivity contribution in [2.45, 2.75) is 103 Å². The highest BCUT2D eigenvalue weighted by Gasteiger charge is 2.23. The third kappa shape index (κ3) is 10.0. The van der Waals surface area contributed by atoms with Crippen molar-refractivity contribution in [2.24, 2.45) is 0 Å². The minimum Gasteiger partial charge on any atom is -0.310 e. The monoisotopic (exact) mass is 303 g/mol. The van der Waals surface area contributed by atoms with Crippen LogP contribution in [0.15, 0.2) is 0 Å². The Kier molecular flexibility index (Phi) is 14.4. The third-order valence-corrected chi connectivity index (χ3v) is 5.15. The molecule has 0 bridgehead atoms. The van der Waals surface area contributed by atoms with Crippen LogP contribution in [0.4, 0.5) is 0 Å². The molecule has 0 radical (unpaired) electrons. The third-order valence-electron chi connectivity index (χ3n) is 4.64. The summed E-state index contributed by atoms with van der Waals surface area (Å²) in [6, 6.07) is 0. The van der Waals surface area contributed by atoms with Crippen LogP contribution < -0.4 is 5.32 Å². The van der Waals surface area contributed by atoms with Crippen molar-refractivity contribution in [3.05, 3.63) is 0 Å². The van der Waals surface area contributed by atoms with E-state index in [1.54, 1.807) is 0 Å². The molecular weight excluding hydrogens is 266 g/mol. The molecule has 20 heavy (non-hydrogen) atoms. The molecule has 122 valence electrons. The molecule has 0 aliphatic carbocycles. The number of halogens is 1.